The topological polar surface area (TPSA) is 51.8 Å². The highest BCUT2D eigenvalue weighted by molar-refractivity contribution is 6.13. The zero-order valence-electron chi connectivity index (χ0n) is 29.6. The molecule has 0 saturated heterocycles. The minimum absolute atomic E-state index is 0.588. The van der Waals surface area contributed by atoms with Gasteiger partial charge in [-0.3, -0.25) is 0 Å². The predicted octanol–water partition coefficient (Wildman–Crippen LogP) is 13.2. The molecular formula is C50H33N3O. The van der Waals surface area contributed by atoms with Crippen molar-refractivity contribution < 1.29 is 4.42 Å². The molecule has 0 fully saturated rings. The monoisotopic (exact) mass is 691 g/mol. The van der Waals surface area contributed by atoms with E-state index in [0.717, 1.165) is 66.1 Å². The minimum Gasteiger partial charge on any atom is -0.456 e. The van der Waals surface area contributed by atoms with Gasteiger partial charge in [-0.15, -0.1) is 0 Å². The molecule has 0 spiro atoms. The first-order chi connectivity index (χ1) is 26.6. The van der Waals surface area contributed by atoms with Crippen LogP contribution in [-0.2, 0) is 0 Å². The maximum atomic E-state index is 6.55. The summed E-state index contributed by atoms with van der Waals surface area (Å²) in [5.74, 6) is 1.83. The average molecular weight is 692 g/mol. The van der Waals surface area contributed by atoms with Crippen LogP contribution in [0.4, 0.5) is 0 Å². The van der Waals surface area contributed by atoms with Crippen molar-refractivity contribution in [2.75, 3.05) is 0 Å². The van der Waals surface area contributed by atoms with Crippen molar-refractivity contribution in [2.24, 2.45) is 0 Å². The molecule has 0 aliphatic heterocycles. The van der Waals surface area contributed by atoms with Crippen LogP contribution in [0.1, 0.15) is 5.56 Å². The van der Waals surface area contributed by atoms with Gasteiger partial charge in [-0.25, -0.2) is 15.0 Å². The lowest BCUT2D eigenvalue weighted by Crippen LogP contribution is -2.00. The number of hydrogen-bond acceptors (Lipinski definition) is 4. The fourth-order valence-corrected chi connectivity index (χ4v) is 7.49. The van der Waals surface area contributed by atoms with Crippen molar-refractivity contribution in [3.63, 3.8) is 0 Å². The molecule has 0 radical (unpaired) electrons. The quantitative estimate of drug-likeness (QED) is 0.174. The van der Waals surface area contributed by atoms with E-state index in [1.807, 2.05) is 12.1 Å². The fourth-order valence-electron chi connectivity index (χ4n) is 7.49. The Morgan fingerprint density at radius 3 is 1.74 bits per heavy atom. The molecule has 0 N–H and O–H groups in total. The molecule has 4 heteroatoms. The van der Waals surface area contributed by atoms with E-state index in [1.54, 1.807) is 0 Å². The van der Waals surface area contributed by atoms with Crippen LogP contribution in [0.3, 0.4) is 0 Å². The number of aryl methyl sites for hydroxylation is 1. The molecule has 8 aromatic carbocycles. The van der Waals surface area contributed by atoms with Gasteiger partial charge in [0.05, 0.1) is 0 Å². The van der Waals surface area contributed by atoms with Crippen molar-refractivity contribution >= 4 is 32.7 Å². The van der Waals surface area contributed by atoms with Crippen LogP contribution in [0.15, 0.2) is 186 Å². The Morgan fingerprint density at radius 2 is 0.926 bits per heavy atom. The number of furan rings is 1. The molecule has 2 aromatic heterocycles. The van der Waals surface area contributed by atoms with Gasteiger partial charge in [-0.1, -0.05) is 169 Å². The SMILES string of the molecule is Cc1cccc(-c2ccc(-c3nc(-c4ccc5c(c4)oc4cccc(-c6ccc(-c7ccccc7)cc6)c45)nc(-c4cccc5ccccc45)n3)cc2)c1. The third-order valence-corrected chi connectivity index (χ3v) is 10.2. The Balaban J connectivity index is 1.09. The standard InChI is InChI=1S/C50H33N3O/c1-32-10-7-15-39(30-32)35-22-26-38(27-23-35)48-51-49(53-50(52-48)43-18-8-14-36-13-5-6-16-41(36)43)40-28-29-44-46(31-40)54-45-19-9-17-42(47(44)45)37-24-20-34(21-25-37)33-11-3-2-4-12-33/h2-31H,1H3. The van der Waals surface area contributed by atoms with Crippen molar-refractivity contribution in [1.82, 2.24) is 15.0 Å². The molecular weight excluding hydrogens is 659 g/mol. The summed E-state index contributed by atoms with van der Waals surface area (Å²) >= 11 is 0. The Bertz CT molecular complexity index is 2980. The van der Waals surface area contributed by atoms with Gasteiger partial charge in [0.1, 0.15) is 11.2 Å². The Labute approximate surface area is 313 Å². The molecule has 2 heterocycles. The van der Waals surface area contributed by atoms with E-state index in [4.69, 9.17) is 19.4 Å². The van der Waals surface area contributed by atoms with Crippen LogP contribution >= 0.6 is 0 Å². The highest BCUT2D eigenvalue weighted by atomic mass is 16.3. The molecule has 0 amide bonds. The van der Waals surface area contributed by atoms with Crippen molar-refractivity contribution in [2.45, 2.75) is 6.92 Å². The molecule has 0 bridgehead atoms. The summed E-state index contributed by atoms with van der Waals surface area (Å²) in [5, 5.41) is 4.37. The summed E-state index contributed by atoms with van der Waals surface area (Å²) < 4.78 is 6.55. The van der Waals surface area contributed by atoms with Crippen LogP contribution < -0.4 is 0 Å². The normalized spacial score (nSPS) is 11.4. The van der Waals surface area contributed by atoms with E-state index in [-0.39, 0.29) is 0 Å². The molecule has 10 rings (SSSR count). The zero-order valence-corrected chi connectivity index (χ0v) is 29.6. The van der Waals surface area contributed by atoms with Crippen LogP contribution in [-0.4, -0.2) is 15.0 Å². The van der Waals surface area contributed by atoms with Crippen LogP contribution in [0.2, 0.25) is 0 Å². The van der Waals surface area contributed by atoms with E-state index in [2.05, 4.69) is 177 Å². The number of nitrogens with zero attached hydrogens (tertiary/aromatic N) is 3. The molecule has 54 heavy (non-hydrogen) atoms. The molecule has 10 aromatic rings. The molecule has 0 aliphatic carbocycles. The van der Waals surface area contributed by atoms with Crippen LogP contribution in [0.25, 0.3) is 100 Å². The van der Waals surface area contributed by atoms with Gasteiger partial charge in [0.2, 0.25) is 0 Å². The molecule has 4 nitrogen and oxygen atoms in total. The summed E-state index contributed by atoms with van der Waals surface area (Å²) in [7, 11) is 0. The predicted molar refractivity (Wildman–Crippen MR) is 222 cm³/mol. The second kappa shape index (κ2) is 13.1. The first kappa shape index (κ1) is 31.6. The zero-order chi connectivity index (χ0) is 36.0. The van der Waals surface area contributed by atoms with E-state index in [0.29, 0.717) is 17.5 Å². The lowest BCUT2D eigenvalue weighted by molar-refractivity contribution is 0.669. The van der Waals surface area contributed by atoms with Gasteiger partial charge < -0.3 is 4.42 Å². The number of rotatable bonds is 6. The maximum Gasteiger partial charge on any atom is 0.164 e. The fraction of sp³-hybridized carbons (Fsp3) is 0.0200. The Kier molecular flexibility index (Phi) is 7.66. The smallest absolute Gasteiger partial charge is 0.164 e. The van der Waals surface area contributed by atoms with Crippen molar-refractivity contribution in [3.8, 4) is 67.5 Å². The van der Waals surface area contributed by atoms with Gasteiger partial charge in [-0.2, -0.15) is 0 Å². The number of benzene rings is 8. The summed E-state index contributed by atoms with van der Waals surface area (Å²) in [4.78, 5) is 15.3. The third-order valence-electron chi connectivity index (χ3n) is 10.2. The average Bonchev–Trinajstić information content (AvgIpc) is 3.62. The first-order valence-corrected chi connectivity index (χ1v) is 18.2. The minimum atomic E-state index is 0.588. The van der Waals surface area contributed by atoms with Gasteiger partial charge in [0.15, 0.2) is 17.5 Å². The second-order valence-corrected chi connectivity index (χ2v) is 13.7. The van der Waals surface area contributed by atoms with Gasteiger partial charge in [0.25, 0.3) is 0 Å². The molecule has 254 valence electrons. The van der Waals surface area contributed by atoms with Gasteiger partial charge in [-0.05, 0) is 69.3 Å². The third kappa shape index (κ3) is 5.71. The number of fused-ring (bicyclic) bond motifs is 4. The summed E-state index contributed by atoms with van der Waals surface area (Å²) in [6.07, 6.45) is 0. The van der Waals surface area contributed by atoms with E-state index >= 15 is 0 Å². The van der Waals surface area contributed by atoms with E-state index in [1.165, 1.54) is 22.3 Å². The van der Waals surface area contributed by atoms with Crippen LogP contribution in [0, 0.1) is 6.92 Å². The Hall–Kier alpha value is -7.17. The largest absolute Gasteiger partial charge is 0.456 e. The molecule has 0 aliphatic rings. The van der Waals surface area contributed by atoms with E-state index < -0.39 is 0 Å². The van der Waals surface area contributed by atoms with E-state index in [9.17, 15) is 0 Å². The molecule has 0 atom stereocenters. The summed E-state index contributed by atoms with van der Waals surface area (Å²) in [6.45, 7) is 2.12. The highest BCUT2D eigenvalue weighted by Gasteiger charge is 2.18. The molecule has 0 saturated carbocycles. The van der Waals surface area contributed by atoms with Crippen molar-refractivity contribution in [3.05, 3.63) is 188 Å². The first-order valence-electron chi connectivity index (χ1n) is 18.2. The Morgan fingerprint density at radius 1 is 0.352 bits per heavy atom. The van der Waals surface area contributed by atoms with Crippen molar-refractivity contribution in [1.29, 1.82) is 0 Å². The highest BCUT2D eigenvalue weighted by Crippen LogP contribution is 2.39. The van der Waals surface area contributed by atoms with Crippen LogP contribution in [0.5, 0.6) is 0 Å². The molecule has 0 unspecified atom stereocenters. The summed E-state index contributed by atoms with van der Waals surface area (Å²) in [6, 6.07) is 63.4. The summed E-state index contributed by atoms with van der Waals surface area (Å²) in [5.41, 5.74) is 12.6. The maximum absolute atomic E-state index is 6.55. The second-order valence-electron chi connectivity index (χ2n) is 13.7. The number of aromatic nitrogens is 3. The lowest BCUT2D eigenvalue weighted by Gasteiger charge is -2.11. The number of hydrogen-bond donors (Lipinski definition) is 0. The van der Waals surface area contributed by atoms with Gasteiger partial charge in [0, 0.05) is 27.5 Å². The van der Waals surface area contributed by atoms with Gasteiger partial charge >= 0.3 is 0 Å². The lowest BCUT2D eigenvalue weighted by atomic mass is 9.96.